The van der Waals surface area contributed by atoms with Gasteiger partial charge in [-0.25, -0.2) is 0 Å². The highest BCUT2D eigenvalue weighted by molar-refractivity contribution is 9.11. The van der Waals surface area contributed by atoms with Crippen LogP contribution in [0.3, 0.4) is 0 Å². The molecule has 0 aliphatic heterocycles. The summed E-state index contributed by atoms with van der Waals surface area (Å²) in [6, 6.07) is 1.95. The molecule has 0 spiro atoms. The summed E-state index contributed by atoms with van der Waals surface area (Å²) < 4.78 is 1.05. The molecule has 1 amide bonds. The first kappa shape index (κ1) is 15.4. The third-order valence-electron chi connectivity index (χ3n) is 2.61. The normalized spacial score (nSPS) is 13.8. The Bertz CT molecular complexity index is 434. The van der Waals surface area contributed by atoms with Crippen LogP contribution in [0.2, 0.25) is 0 Å². The summed E-state index contributed by atoms with van der Waals surface area (Å²) in [6.07, 6.45) is 3.34. The van der Waals surface area contributed by atoms with Crippen molar-refractivity contribution in [2.24, 2.45) is 11.1 Å². The zero-order valence-electron chi connectivity index (χ0n) is 10.9. The van der Waals surface area contributed by atoms with Crippen LogP contribution in [0.4, 0.5) is 0 Å². The summed E-state index contributed by atoms with van der Waals surface area (Å²) in [5.74, 6) is -0.109. The molecule has 100 valence electrons. The van der Waals surface area contributed by atoms with Crippen molar-refractivity contribution in [1.82, 2.24) is 5.32 Å². The van der Waals surface area contributed by atoms with E-state index in [1.54, 1.807) is 23.5 Å². The Balaban J connectivity index is 2.58. The molecule has 3 N–H and O–H groups in total. The van der Waals surface area contributed by atoms with E-state index in [9.17, 15) is 4.79 Å². The second-order valence-corrected chi connectivity index (χ2v) is 7.47. The van der Waals surface area contributed by atoms with Gasteiger partial charge in [-0.2, -0.15) is 0 Å². The monoisotopic (exact) mass is 330 g/mol. The van der Waals surface area contributed by atoms with Crippen LogP contribution in [0.5, 0.6) is 0 Å². The predicted octanol–water partition coefficient (Wildman–Crippen LogP) is 3.01. The lowest BCUT2D eigenvalue weighted by atomic mass is 9.87. The maximum Gasteiger partial charge on any atom is 0.244 e. The molecule has 0 saturated heterocycles. The molecule has 0 bridgehead atoms. The molecule has 1 atom stereocenters. The van der Waals surface area contributed by atoms with E-state index in [-0.39, 0.29) is 17.4 Å². The third kappa shape index (κ3) is 4.92. The number of hydrogen-bond donors (Lipinski definition) is 2. The summed E-state index contributed by atoms with van der Waals surface area (Å²) in [5.41, 5.74) is 6.65. The van der Waals surface area contributed by atoms with Crippen molar-refractivity contribution in [3.8, 4) is 0 Å². The van der Waals surface area contributed by atoms with Crippen molar-refractivity contribution in [1.29, 1.82) is 0 Å². The summed E-state index contributed by atoms with van der Waals surface area (Å²) in [6.45, 7) is 6.62. The average molecular weight is 331 g/mol. The van der Waals surface area contributed by atoms with Crippen molar-refractivity contribution in [3.05, 3.63) is 26.9 Å². The number of thiophene rings is 1. The van der Waals surface area contributed by atoms with Crippen LogP contribution >= 0.6 is 27.3 Å². The van der Waals surface area contributed by atoms with Crippen LogP contribution < -0.4 is 11.1 Å². The molecule has 1 rings (SSSR count). The maximum absolute atomic E-state index is 11.8. The lowest BCUT2D eigenvalue weighted by Gasteiger charge is -2.29. The van der Waals surface area contributed by atoms with Gasteiger partial charge in [0.1, 0.15) is 0 Å². The maximum atomic E-state index is 11.8. The van der Waals surface area contributed by atoms with Crippen LogP contribution in [-0.4, -0.2) is 18.5 Å². The number of carbonyl (C=O) groups is 1. The van der Waals surface area contributed by atoms with Crippen LogP contribution in [0.15, 0.2) is 21.3 Å². The van der Waals surface area contributed by atoms with Crippen LogP contribution in [-0.2, 0) is 4.79 Å². The van der Waals surface area contributed by atoms with Crippen molar-refractivity contribution in [2.45, 2.75) is 26.8 Å². The number of halogens is 1. The van der Waals surface area contributed by atoms with Gasteiger partial charge in [0, 0.05) is 18.7 Å². The largest absolute Gasteiger partial charge is 0.348 e. The van der Waals surface area contributed by atoms with E-state index >= 15 is 0 Å². The first-order valence-corrected chi connectivity index (χ1v) is 7.43. The highest BCUT2D eigenvalue weighted by atomic mass is 79.9. The van der Waals surface area contributed by atoms with Crippen LogP contribution in [0, 0.1) is 5.41 Å². The standard InChI is InChI=1S/C13H19BrN2OS/c1-13(2,3)10(7-15)16-12(17)5-4-9-6-11(14)18-8-9/h4-6,8,10H,7,15H2,1-3H3,(H,16,17)/b5-4+. The molecule has 1 unspecified atom stereocenters. The molecular weight excluding hydrogens is 312 g/mol. The lowest BCUT2D eigenvalue weighted by molar-refractivity contribution is -0.117. The lowest BCUT2D eigenvalue weighted by Crippen LogP contribution is -2.47. The number of hydrogen-bond acceptors (Lipinski definition) is 3. The summed E-state index contributed by atoms with van der Waals surface area (Å²) in [7, 11) is 0. The SMILES string of the molecule is CC(C)(C)C(CN)NC(=O)/C=C/c1csc(Br)c1. The van der Waals surface area contributed by atoms with Crippen molar-refractivity contribution >= 4 is 39.2 Å². The van der Waals surface area contributed by atoms with Gasteiger partial charge in [0.05, 0.1) is 3.79 Å². The van der Waals surface area contributed by atoms with E-state index in [1.807, 2.05) is 11.4 Å². The predicted molar refractivity (Wildman–Crippen MR) is 81.5 cm³/mol. The van der Waals surface area contributed by atoms with Gasteiger partial charge in [-0.15, -0.1) is 11.3 Å². The molecule has 1 aromatic rings. The molecule has 3 nitrogen and oxygen atoms in total. The van der Waals surface area contributed by atoms with Crippen molar-refractivity contribution < 1.29 is 4.79 Å². The fourth-order valence-electron chi connectivity index (χ4n) is 1.43. The minimum absolute atomic E-state index is 0.0242. The minimum Gasteiger partial charge on any atom is -0.348 e. The number of carbonyl (C=O) groups excluding carboxylic acids is 1. The van der Waals surface area contributed by atoms with E-state index in [0.29, 0.717) is 6.54 Å². The van der Waals surface area contributed by atoms with Crippen molar-refractivity contribution in [3.63, 3.8) is 0 Å². The van der Waals surface area contributed by atoms with E-state index in [0.717, 1.165) is 9.35 Å². The second kappa shape index (κ2) is 6.50. The molecule has 0 aromatic carbocycles. The van der Waals surface area contributed by atoms with Gasteiger partial charge in [0.15, 0.2) is 0 Å². The summed E-state index contributed by atoms with van der Waals surface area (Å²) in [4.78, 5) is 11.8. The van der Waals surface area contributed by atoms with Gasteiger partial charge in [-0.3, -0.25) is 4.79 Å². The number of rotatable bonds is 4. The highest BCUT2D eigenvalue weighted by Gasteiger charge is 2.23. The zero-order chi connectivity index (χ0) is 13.8. The molecule has 0 aliphatic rings. The molecule has 1 heterocycles. The van der Waals surface area contributed by atoms with Crippen LogP contribution in [0.1, 0.15) is 26.3 Å². The molecule has 0 aliphatic carbocycles. The molecule has 1 aromatic heterocycles. The van der Waals surface area contributed by atoms with E-state index in [2.05, 4.69) is 42.0 Å². The fourth-order valence-corrected chi connectivity index (χ4v) is 2.58. The summed E-state index contributed by atoms with van der Waals surface area (Å²) >= 11 is 4.98. The smallest absolute Gasteiger partial charge is 0.244 e. The number of nitrogens with two attached hydrogens (primary N) is 1. The van der Waals surface area contributed by atoms with Crippen LogP contribution in [0.25, 0.3) is 6.08 Å². The van der Waals surface area contributed by atoms with Gasteiger partial charge in [-0.1, -0.05) is 20.8 Å². The first-order chi connectivity index (χ1) is 8.32. The first-order valence-electron chi connectivity index (χ1n) is 5.75. The van der Waals surface area contributed by atoms with Gasteiger partial charge in [-0.05, 0) is 44.4 Å². The van der Waals surface area contributed by atoms with Gasteiger partial charge in [0.25, 0.3) is 0 Å². The fraction of sp³-hybridized carbons (Fsp3) is 0.462. The Labute approximate surface area is 121 Å². The van der Waals surface area contributed by atoms with Crippen molar-refractivity contribution in [2.75, 3.05) is 6.54 Å². The Hall–Kier alpha value is -0.650. The van der Waals surface area contributed by atoms with E-state index in [4.69, 9.17) is 5.73 Å². The molecular formula is C13H19BrN2OS. The Morgan fingerprint density at radius 3 is 2.72 bits per heavy atom. The molecule has 0 fully saturated rings. The number of amides is 1. The van der Waals surface area contributed by atoms with Gasteiger partial charge in [0.2, 0.25) is 5.91 Å². The molecule has 0 saturated carbocycles. The topological polar surface area (TPSA) is 55.1 Å². The number of nitrogens with one attached hydrogen (secondary N) is 1. The quantitative estimate of drug-likeness (QED) is 0.834. The highest BCUT2D eigenvalue weighted by Crippen LogP contribution is 2.21. The Morgan fingerprint density at radius 1 is 1.61 bits per heavy atom. The zero-order valence-corrected chi connectivity index (χ0v) is 13.3. The second-order valence-electron chi connectivity index (χ2n) is 5.18. The molecule has 18 heavy (non-hydrogen) atoms. The van der Waals surface area contributed by atoms with E-state index < -0.39 is 0 Å². The molecule has 5 heteroatoms. The van der Waals surface area contributed by atoms with E-state index in [1.165, 1.54) is 0 Å². The Kier molecular flexibility index (Phi) is 5.56. The Morgan fingerprint density at radius 2 is 2.28 bits per heavy atom. The minimum atomic E-state index is -0.109. The third-order valence-corrected chi connectivity index (χ3v) is 4.14. The summed E-state index contributed by atoms with van der Waals surface area (Å²) in [5, 5.41) is 4.91. The average Bonchev–Trinajstić information content (AvgIpc) is 2.67. The molecule has 0 radical (unpaired) electrons. The van der Waals surface area contributed by atoms with Gasteiger partial charge >= 0.3 is 0 Å². The van der Waals surface area contributed by atoms with Gasteiger partial charge < -0.3 is 11.1 Å².